The zero-order valence-electron chi connectivity index (χ0n) is 7.68. The van der Waals surface area contributed by atoms with E-state index >= 15 is 0 Å². The molecule has 4 N–H and O–H groups in total. The van der Waals surface area contributed by atoms with Gasteiger partial charge in [-0.1, -0.05) is 19.8 Å². The van der Waals surface area contributed by atoms with E-state index < -0.39 is 0 Å². The molecule has 0 amide bonds. The lowest BCUT2D eigenvalue weighted by Crippen LogP contribution is -2.15. The van der Waals surface area contributed by atoms with Crippen LogP contribution in [-0.4, -0.2) is 13.1 Å². The van der Waals surface area contributed by atoms with Crippen LogP contribution < -0.4 is 11.5 Å². The van der Waals surface area contributed by atoms with E-state index in [-0.39, 0.29) is 0 Å². The first-order chi connectivity index (χ1) is 5.35. The maximum absolute atomic E-state index is 5.61. The molecule has 0 fully saturated rings. The second-order valence-electron chi connectivity index (χ2n) is 3.17. The minimum atomic E-state index is 0.721. The molecule has 0 aromatic rings. The largest absolute Gasteiger partial charge is 0.330 e. The second kappa shape index (κ2) is 8.02. The van der Waals surface area contributed by atoms with Crippen LogP contribution in [0.15, 0.2) is 0 Å². The van der Waals surface area contributed by atoms with Crippen molar-refractivity contribution < 1.29 is 0 Å². The summed E-state index contributed by atoms with van der Waals surface area (Å²) in [5.41, 5.74) is 11.0. The van der Waals surface area contributed by atoms with E-state index in [1.807, 2.05) is 0 Å². The molecule has 0 saturated heterocycles. The van der Waals surface area contributed by atoms with Crippen molar-refractivity contribution in [1.82, 2.24) is 0 Å². The average Bonchev–Trinajstić information content (AvgIpc) is 2.05. The van der Waals surface area contributed by atoms with E-state index in [0.29, 0.717) is 0 Å². The molecule has 1 atom stereocenters. The molecule has 1 unspecified atom stereocenters. The van der Waals surface area contributed by atoms with Gasteiger partial charge in [0.15, 0.2) is 0 Å². The highest BCUT2D eigenvalue weighted by Gasteiger charge is 2.03. The van der Waals surface area contributed by atoms with Crippen molar-refractivity contribution >= 4 is 0 Å². The Labute approximate surface area is 70.3 Å². The van der Waals surface area contributed by atoms with Gasteiger partial charge in [-0.2, -0.15) is 0 Å². The van der Waals surface area contributed by atoms with E-state index in [4.69, 9.17) is 11.5 Å². The Morgan fingerprint density at radius 1 is 1.09 bits per heavy atom. The molecule has 0 aromatic carbocycles. The Morgan fingerprint density at radius 3 is 2.18 bits per heavy atom. The fraction of sp³-hybridized carbons (Fsp3) is 1.00. The Bertz CT molecular complexity index is 66.0. The summed E-state index contributed by atoms with van der Waals surface area (Å²) in [6.07, 6.45) is 6.22. The topological polar surface area (TPSA) is 52.0 Å². The van der Waals surface area contributed by atoms with E-state index in [0.717, 1.165) is 25.4 Å². The summed E-state index contributed by atoms with van der Waals surface area (Å²) in [4.78, 5) is 0. The number of hydrogen-bond donors (Lipinski definition) is 2. The van der Waals surface area contributed by atoms with Gasteiger partial charge in [0, 0.05) is 0 Å². The zero-order valence-corrected chi connectivity index (χ0v) is 7.68. The highest BCUT2D eigenvalue weighted by atomic mass is 14.6. The molecular formula is C9H22N2. The lowest BCUT2D eigenvalue weighted by Gasteiger charge is -2.12. The Morgan fingerprint density at radius 2 is 1.73 bits per heavy atom. The van der Waals surface area contributed by atoms with Gasteiger partial charge >= 0.3 is 0 Å². The standard InChI is InChI=1S/C9H22N2/c1-2-3-5-9(8-11)6-4-7-10/h9H,2-8,10-11H2,1H3. The highest BCUT2D eigenvalue weighted by Crippen LogP contribution is 2.12. The first kappa shape index (κ1) is 10.9. The van der Waals surface area contributed by atoms with Crippen molar-refractivity contribution in [3.8, 4) is 0 Å². The lowest BCUT2D eigenvalue weighted by atomic mass is 9.97. The van der Waals surface area contributed by atoms with Crippen molar-refractivity contribution in [3.63, 3.8) is 0 Å². The lowest BCUT2D eigenvalue weighted by molar-refractivity contribution is 0.433. The zero-order chi connectivity index (χ0) is 8.53. The van der Waals surface area contributed by atoms with Gasteiger partial charge in [-0.05, 0) is 38.3 Å². The normalized spacial score (nSPS) is 13.4. The van der Waals surface area contributed by atoms with Gasteiger partial charge in [0.2, 0.25) is 0 Å². The van der Waals surface area contributed by atoms with E-state index in [9.17, 15) is 0 Å². The number of nitrogens with two attached hydrogens (primary N) is 2. The quantitative estimate of drug-likeness (QED) is 0.590. The first-order valence-electron chi connectivity index (χ1n) is 4.75. The Balaban J connectivity index is 3.25. The van der Waals surface area contributed by atoms with Gasteiger partial charge < -0.3 is 11.5 Å². The van der Waals surface area contributed by atoms with Crippen LogP contribution >= 0.6 is 0 Å². The van der Waals surface area contributed by atoms with E-state index in [1.165, 1.54) is 25.7 Å². The molecule has 0 spiro atoms. The van der Waals surface area contributed by atoms with Gasteiger partial charge in [0.05, 0.1) is 0 Å². The third-order valence-electron chi connectivity index (χ3n) is 2.12. The molecule has 11 heavy (non-hydrogen) atoms. The Hall–Kier alpha value is -0.0800. The minimum absolute atomic E-state index is 0.721. The minimum Gasteiger partial charge on any atom is -0.330 e. The summed E-state index contributed by atoms with van der Waals surface area (Å²) in [6.45, 7) is 3.86. The summed E-state index contributed by atoms with van der Waals surface area (Å²) in [6, 6.07) is 0. The SMILES string of the molecule is CCCCC(CN)CCCN. The van der Waals surface area contributed by atoms with Crippen LogP contribution in [0.2, 0.25) is 0 Å². The number of hydrogen-bond acceptors (Lipinski definition) is 2. The van der Waals surface area contributed by atoms with Crippen LogP contribution in [-0.2, 0) is 0 Å². The molecule has 0 bridgehead atoms. The van der Waals surface area contributed by atoms with Crippen LogP contribution in [0.5, 0.6) is 0 Å². The van der Waals surface area contributed by atoms with Crippen molar-refractivity contribution in [2.75, 3.05) is 13.1 Å². The molecule has 0 radical (unpaired) electrons. The van der Waals surface area contributed by atoms with Gasteiger partial charge in [-0.3, -0.25) is 0 Å². The van der Waals surface area contributed by atoms with Crippen LogP contribution in [0, 0.1) is 5.92 Å². The van der Waals surface area contributed by atoms with Crippen LogP contribution in [0.4, 0.5) is 0 Å². The molecular weight excluding hydrogens is 136 g/mol. The molecule has 2 heteroatoms. The van der Waals surface area contributed by atoms with E-state index in [2.05, 4.69) is 6.92 Å². The van der Waals surface area contributed by atoms with Gasteiger partial charge in [0.1, 0.15) is 0 Å². The van der Waals surface area contributed by atoms with E-state index in [1.54, 1.807) is 0 Å². The Kier molecular flexibility index (Phi) is 7.96. The molecule has 2 nitrogen and oxygen atoms in total. The average molecular weight is 158 g/mol. The summed E-state index contributed by atoms with van der Waals surface area (Å²) >= 11 is 0. The fourth-order valence-corrected chi connectivity index (χ4v) is 1.28. The first-order valence-corrected chi connectivity index (χ1v) is 4.75. The second-order valence-corrected chi connectivity index (χ2v) is 3.17. The summed E-state index contributed by atoms with van der Waals surface area (Å²) < 4.78 is 0. The number of rotatable bonds is 7. The van der Waals surface area contributed by atoms with Gasteiger partial charge in [-0.15, -0.1) is 0 Å². The van der Waals surface area contributed by atoms with Crippen molar-refractivity contribution in [2.24, 2.45) is 17.4 Å². The van der Waals surface area contributed by atoms with Crippen molar-refractivity contribution in [3.05, 3.63) is 0 Å². The fourth-order valence-electron chi connectivity index (χ4n) is 1.28. The molecule has 0 aliphatic heterocycles. The van der Waals surface area contributed by atoms with Crippen LogP contribution in [0.25, 0.3) is 0 Å². The van der Waals surface area contributed by atoms with Crippen LogP contribution in [0.3, 0.4) is 0 Å². The molecule has 0 saturated carbocycles. The molecule has 68 valence electrons. The van der Waals surface area contributed by atoms with Gasteiger partial charge in [0.25, 0.3) is 0 Å². The molecule has 0 heterocycles. The van der Waals surface area contributed by atoms with Crippen molar-refractivity contribution in [1.29, 1.82) is 0 Å². The third kappa shape index (κ3) is 6.32. The van der Waals surface area contributed by atoms with Crippen molar-refractivity contribution in [2.45, 2.75) is 39.0 Å². The number of unbranched alkanes of at least 4 members (excludes halogenated alkanes) is 1. The predicted octanol–water partition coefficient (Wildman–Crippen LogP) is 1.49. The monoisotopic (exact) mass is 158 g/mol. The molecule has 0 aromatic heterocycles. The maximum Gasteiger partial charge on any atom is -0.00489 e. The summed E-state index contributed by atoms with van der Waals surface area (Å²) in [7, 11) is 0. The molecule has 0 rings (SSSR count). The molecule has 0 aliphatic carbocycles. The summed E-state index contributed by atoms with van der Waals surface area (Å²) in [5, 5.41) is 0. The summed E-state index contributed by atoms with van der Waals surface area (Å²) in [5.74, 6) is 0.721. The molecule has 0 aliphatic rings. The van der Waals surface area contributed by atoms with Gasteiger partial charge in [-0.25, -0.2) is 0 Å². The smallest absolute Gasteiger partial charge is 0.00489 e. The predicted molar refractivity (Wildman–Crippen MR) is 50.4 cm³/mol. The third-order valence-corrected chi connectivity index (χ3v) is 2.12. The highest BCUT2D eigenvalue weighted by molar-refractivity contribution is 4.60. The van der Waals surface area contributed by atoms with Crippen LogP contribution in [0.1, 0.15) is 39.0 Å². The maximum atomic E-state index is 5.61.